The molecular formula is C13H25N5. The summed E-state index contributed by atoms with van der Waals surface area (Å²) in [6.07, 6.45) is 3.59. The molecule has 0 unspecified atom stereocenters. The Hall–Kier alpha value is -1.36. The Morgan fingerprint density at radius 2 is 1.83 bits per heavy atom. The largest absolute Gasteiger partial charge is 0.370 e. The minimum Gasteiger partial charge on any atom is -0.370 e. The number of unbranched alkanes of at least 4 members (excludes halogenated alkanes) is 2. The Morgan fingerprint density at radius 1 is 1.17 bits per heavy atom. The van der Waals surface area contributed by atoms with E-state index >= 15 is 0 Å². The molecule has 0 fully saturated rings. The summed E-state index contributed by atoms with van der Waals surface area (Å²) in [5.74, 6) is 7.71. The van der Waals surface area contributed by atoms with Crippen LogP contribution in [0.25, 0.3) is 0 Å². The van der Waals surface area contributed by atoms with E-state index in [0.29, 0.717) is 5.82 Å². The lowest BCUT2D eigenvalue weighted by molar-refractivity contribution is 0.546. The van der Waals surface area contributed by atoms with Crippen LogP contribution in [0.15, 0.2) is 6.07 Å². The Kier molecular flexibility index (Phi) is 5.34. The van der Waals surface area contributed by atoms with Crippen LogP contribution in [0.1, 0.15) is 52.8 Å². The van der Waals surface area contributed by atoms with Gasteiger partial charge in [0.2, 0.25) is 0 Å². The average Bonchev–Trinajstić information content (AvgIpc) is 2.33. The molecule has 0 saturated heterocycles. The first kappa shape index (κ1) is 14.7. The highest BCUT2D eigenvalue weighted by Gasteiger charge is 2.18. The first-order valence-electron chi connectivity index (χ1n) is 6.57. The van der Waals surface area contributed by atoms with Crippen LogP contribution in [0.3, 0.4) is 0 Å². The molecule has 0 aromatic carbocycles. The van der Waals surface area contributed by atoms with Gasteiger partial charge in [0, 0.05) is 18.0 Å². The van der Waals surface area contributed by atoms with Crippen LogP contribution in [0.5, 0.6) is 0 Å². The van der Waals surface area contributed by atoms with Crippen molar-refractivity contribution in [2.45, 2.75) is 52.4 Å². The Labute approximate surface area is 110 Å². The monoisotopic (exact) mass is 251 g/mol. The molecule has 0 aliphatic heterocycles. The van der Waals surface area contributed by atoms with Crippen LogP contribution in [-0.2, 0) is 5.41 Å². The summed E-state index contributed by atoms with van der Waals surface area (Å²) in [5, 5.41) is 3.32. The van der Waals surface area contributed by atoms with Crippen LogP contribution < -0.4 is 16.6 Å². The number of nitrogen functional groups attached to an aromatic ring is 1. The minimum atomic E-state index is -0.0906. The summed E-state index contributed by atoms with van der Waals surface area (Å²) in [6, 6.07) is 1.83. The van der Waals surface area contributed by atoms with E-state index < -0.39 is 0 Å². The predicted molar refractivity (Wildman–Crippen MR) is 76.6 cm³/mol. The SMILES string of the molecule is CCCCCNc1cc(NN)nc(C(C)(C)C)n1. The second-order valence-corrected chi connectivity index (χ2v) is 5.49. The third kappa shape index (κ3) is 4.49. The van der Waals surface area contributed by atoms with Crippen molar-refractivity contribution >= 4 is 11.6 Å². The molecule has 0 radical (unpaired) electrons. The van der Waals surface area contributed by atoms with Gasteiger partial charge in [-0.1, -0.05) is 40.5 Å². The van der Waals surface area contributed by atoms with Crippen molar-refractivity contribution in [1.82, 2.24) is 9.97 Å². The van der Waals surface area contributed by atoms with Crippen LogP contribution in [0.4, 0.5) is 11.6 Å². The highest BCUT2D eigenvalue weighted by Crippen LogP contribution is 2.21. The highest BCUT2D eigenvalue weighted by molar-refractivity contribution is 5.47. The molecule has 4 N–H and O–H groups in total. The van der Waals surface area contributed by atoms with Gasteiger partial charge < -0.3 is 10.7 Å². The summed E-state index contributed by atoms with van der Waals surface area (Å²) < 4.78 is 0. The van der Waals surface area contributed by atoms with Gasteiger partial charge in [-0.25, -0.2) is 15.8 Å². The summed E-state index contributed by atoms with van der Waals surface area (Å²) in [6.45, 7) is 9.38. The molecule has 18 heavy (non-hydrogen) atoms. The third-order valence-electron chi connectivity index (χ3n) is 2.63. The summed E-state index contributed by atoms with van der Waals surface area (Å²) in [5.41, 5.74) is 2.50. The van der Waals surface area contributed by atoms with Crippen LogP contribution in [0, 0.1) is 0 Å². The molecule has 1 rings (SSSR count). The zero-order chi connectivity index (χ0) is 13.6. The molecule has 102 valence electrons. The predicted octanol–water partition coefficient (Wildman–Crippen LogP) is 2.66. The van der Waals surface area contributed by atoms with Gasteiger partial charge in [0.1, 0.15) is 17.5 Å². The van der Waals surface area contributed by atoms with Crippen molar-refractivity contribution in [1.29, 1.82) is 0 Å². The molecule has 0 aliphatic carbocycles. The molecule has 1 heterocycles. The fraction of sp³-hybridized carbons (Fsp3) is 0.692. The molecule has 0 aliphatic rings. The summed E-state index contributed by atoms with van der Waals surface area (Å²) in [7, 11) is 0. The number of rotatable bonds is 6. The second-order valence-electron chi connectivity index (χ2n) is 5.49. The van der Waals surface area contributed by atoms with E-state index in [1.165, 1.54) is 12.8 Å². The first-order chi connectivity index (χ1) is 8.47. The van der Waals surface area contributed by atoms with E-state index in [4.69, 9.17) is 5.84 Å². The van der Waals surface area contributed by atoms with Crippen molar-refractivity contribution in [3.63, 3.8) is 0 Å². The van der Waals surface area contributed by atoms with Crippen LogP contribution in [-0.4, -0.2) is 16.5 Å². The van der Waals surface area contributed by atoms with E-state index in [0.717, 1.165) is 24.6 Å². The number of hydrogen-bond acceptors (Lipinski definition) is 5. The van der Waals surface area contributed by atoms with Gasteiger partial charge in [-0.15, -0.1) is 0 Å². The van der Waals surface area contributed by atoms with Gasteiger partial charge in [0.15, 0.2) is 0 Å². The fourth-order valence-electron chi connectivity index (χ4n) is 1.54. The number of nitrogens with two attached hydrogens (primary N) is 1. The zero-order valence-corrected chi connectivity index (χ0v) is 11.9. The average molecular weight is 251 g/mol. The normalized spacial score (nSPS) is 11.4. The third-order valence-corrected chi connectivity index (χ3v) is 2.63. The lowest BCUT2D eigenvalue weighted by atomic mass is 9.96. The molecule has 5 heteroatoms. The topological polar surface area (TPSA) is 75.9 Å². The Balaban J connectivity index is 2.78. The van der Waals surface area contributed by atoms with Crippen molar-refractivity contribution < 1.29 is 0 Å². The number of hydrazine groups is 1. The lowest BCUT2D eigenvalue weighted by Crippen LogP contribution is -2.20. The molecule has 0 bridgehead atoms. The number of anilines is 2. The van der Waals surface area contributed by atoms with E-state index in [-0.39, 0.29) is 5.41 Å². The van der Waals surface area contributed by atoms with Crippen LogP contribution >= 0.6 is 0 Å². The number of nitrogens with zero attached hydrogens (tertiary/aromatic N) is 2. The van der Waals surface area contributed by atoms with Crippen LogP contribution in [0.2, 0.25) is 0 Å². The lowest BCUT2D eigenvalue weighted by Gasteiger charge is -2.18. The second kappa shape index (κ2) is 6.54. The van der Waals surface area contributed by atoms with E-state index in [1.54, 1.807) is 0 Å². The van der Waals surface area contributed by atoms with Crippen molar-refractivity contribution in [3.05, 3.63) is 11.9 Å². The molecule has 1 aromatic rings. The smallest absolute Gasteiger partial charge is 0.145 e. The maximum atomic E-state index is 5.44. The van der Waals surface area contributed by atoms with Gasteiger partial charge in [0.25, 0.3) is 0 Å². The molecular weight excluding hydrogens is 226 g/mol. The maximum absolute atomic E-state index is 5.44. The minimum absolute atomic E-state index is 0.0906. The fourth-order valence-corrected chi connectivity index (χ4v) is 1.54. The van der Waals surface area contributed by atoms with Gasteiger partial charge >= 0.3 is 0 Å². The van der Waals surface area contributed by atoms with Crippen molar-refractivity contribution in [3.8, 4) is 0 Å². The summed E-state index contributed by atoms with van der Waals surface area (Å²) >= 11 is 0. The summed E-state index contributed by atoms with van der Waals surface area (Å²) in [4.78, 5) is 8.91. The molecule has 0 amide bonds. The Bertz CT molecular complexity index is 370. The van der Waals surface area contributed by atoms with E-state index in [9.17, 15) is 0 Å². The van der Waals surface area contributed by atoms with Gasteiger partial charge in [-0.2, -0.15) is 0 Å². The van der Waals surface area contributed by atoms with Gasteiger partial charge in [-0.3, -0.25) is 0 Å². The molecule has 0 saturated carbocycles. The zero-order valence-electron chi connectivity index (χ0n) is 11.9. The molecule has 0 atom stereocenters. The highest BCUT2D eigenvalue weighted by atomic mass is 15.3. The number of nitrogens with one attached hydrogen (secondary N) is 2. The van der Waals surface area contributed by atoms with Gasteiger partial charge in [-0.05, 0) is 6.42 Å². The van der Waals surface area contributed by atoms with E-state index in [1.807, 2.05) is 6.07 Å². The molecule has 0 spiro atoms. The Morgan fingerprint density at radius 3 is 2.39 bits per heavy atom. The standard InChI is InChI=1S/C13H25N5/c1-5-6-7-8-15-10-9-11(18-14)17-12(16-10)13(2,3)4/h9H,5-8,14H2,1-4H3,(H2,15,16,17,18). The first-order valence-corrected chi connectivity index (χ1v) is 6.57. The molecule has 1 aromatic heterocycles. The van der Waals surface area contributed by atoms with Crippen molar-refractivity contribution in [2.24, 2.45) is 5.84 Å². The number of aromatic nitrogens is 2. The maximum Gasteiger partial charge on any atom is 0.145 e. The van der Waals surface area contributed by atoms with Gasteiger partial charge in [0.05, 0.1) is 0 Å². The number of hydrogen-bond donors (Lipinski definition) is 3. The quantitative estimate of drug-likeness (QED) is 0.412. The van der Waals surface area contributed by atoms with Crippen molar-refractivity contribution in [2.75, 3.05) is 17.3 Å². The van der Waals surface area contributed by atoms with E-state index in [2.05, 4.69) is 48.4 Å². The molecule has 5 nitrogen and oxygen atoms in total.